The molecule has 37 heavy (non-hydrogen) atoms. The lowest BCUT2D eigenvalue weighted by Gasteiger charge is -2.36. The van der Waals surface area contributed by atoms with E-state index in [1.54, 1.807) is 0 Å². The molecule has 3 atom stereocenters. The van der Waals surface area contributed by atoms with Crippen LogP contribution in [0.2, 0.25) is 0 Å². The Bertz CT molecular complexity index is 1270. The fourth-order valence-electron chi connectivity index (χ4n) is 4.51. The van der Waals surface area contributed by atoms with Gasteiger partial charge in [0.25, 0.3) is 0 Å². The van der Waals surface area contributed by atoms with Crippen LogP contribution in [0, 0.1) is 0 Å². The molecule has 0 N–H and O–H groups in total. The molecule has 0 fully saturated rings. The quantitative estimate of drug-likeness (QED) is 0.192. The van der Waals surface area contributed by atoms with Gasteiger partial charge in [0, 0.05) is 10.6 Å². The lowest BCUT2D eigenvalue weighted by Crippen LogP contribution is -2.42. The lowest BCUT2D eigenvalue weighted by atomic mass is 10.1. The van der Waals surface area contributed by atoms with Crippen molar-refractivity contribution in [2.24, 2.45) is 0 Å². The van der Waals surface area contributed by atoms with Crippen LogP contribution in [0.25, 0.3) is 0 Å². The maximum absolute atomic E-state index is 14.8. The Kier molecular flexibility index (Phi) is 8.45. The summed E-state index contributed by atoms with van der Waals surface area (Å²) < 4.78 is 33.8. The Morgan fingerprint density at radius 3 is 1.65 bits per heavy atom. The fourth-order valence-corrected chi connectivity index (χ4v) is 7.30. The molecule has 188 valence electrons. The molecule has 0 bridgehead atoms. The predicted molar refractivity (Wildman–Crippen MR) is 149 cm³/mol. The molecule has 1 heterocycles. The van der Waals surface area contributed by atoms with Crippen molar-refractivity contribution in [2.45, 2.75) is 31.3 Å². The van der Waals surface area contributed by atoms with E-state index >= 15 is 0 Å². The van der Waals surface area contributed by atoms with Crippen molar-refractivity contribution in [2.75, 3.05) is 6.61 Å². The minimum Gasteiger partial charge on any atom is -0.374 e. The highest BCUT2D eigenvalue weighted by molar-refractivity contribution is 7.79. The number of hydrogen-bond donors (Lipinski definition) is 0. The molecule has 0 unspecified atom stereocenters. The smallest absolute Gasteiger partial charge is 0.174 e. The maximum Gasteiger partial charge on any atom is 0.174 e. The summed E-state index contributed by atoms with van der Waals surface area (Å²) in [6.45, 7) is 1.24. The fraction of sp³-hybridized carbons (Fsp3) is 0.188. The van der Waals surface area contributed by atoms with Gasteiger partial charge >= 0.3 is 0 Å². The van der Waals surface area contributed by atoms with Crippen molar-refractivity contribution in [3.05, 3.63) is 145 Å². The van der Waals surface area contributed by atoms with Crippen LogP contribution in [0.4, 0.5) is 0 Å². The second-order valence-electron chi connectivity index (χ2n) is 9.04. The second kappa shape index (κ2) is 12.3. The molecule has 0 aromatic heterocycles. The van der Waals surface area contributed by atoms with Crippen molar-refractivity contribution in [3.8, 4) is 0 Å². The van der Waals surface area contributed by atoms with Gasteiger partial charge in [-0.25, -0.2) is 0 Å². The molecule has 0 amide bonds. The molecule has 1 aliphatic heterocycles. The van der Waals surface area contributed by atoms with Crippen LogP contribution in [0.3, 0.4) is 0 Å². The molecule has 0 aliphatic carbocycles. The Labute approximate surface area is 218 Å². The van der Waals surface area contributed by atoms with Crippen LogP contribution in [0.5, 0.6) is 0 Å². The van der Waals surface area contributed by atoms with Gasteiger partial charge in [-0.3, -0.25) is 0 Å². The summed E-state index contributed by atoms with van der Waals surface area (Å²) in [5, 5.41) is 1.53. The molecule has 5 rings (SSSR count). The molecule has 0 radical (unpaired) electrons. The number of rotatable bonds is 10. The SMILES string of the molecule is O=P(c1ccccc1)(c1ccccc1)[C@H]1C=C[C@H](OCc2ccccc2)[C@@H](COCc2ccccc2)O1. The summed E-state index contributed by atoms with van der Waals surface area (Å²) in [6, 6.07) is 39.3. The van der Waals surface area contributed by atoms with E-state index < -0.39 is 19.1 Å². The van der Waals surface area contributed by atoms with Gasteiger partial charge in [-0.05, 0) is 17.2 Å². The van der Waals surface area contributed by atoms with E-state index in [2.05, 4.69) is 0 Å². The van der Waals surface area contributed by atoms with Crippen molar-refractivity contribution in [1.82, 2.24) is 0 Å². The van der Waals surface area contributed by atoms with Crippen LogP contribution in [0.1, 0.15) is 11.1 Å². The van der Waals surface area contributed by atoms with E-state index in [1.807, 2.05) is 133 Å². The van der Waals surface area contributed by atoms with E-state index in [1.165, 1.54) is 0 Å². The Hall–Kier alpha value is -3.27. The number of hydrogen-bond acceptors (Lipinski definition) is 4. The molecule has 0 spiro atoms. The maximum atomic E-state index is 14.8. The van der Waals surface area contributed by atoms with Gasteiger partial charge in [0.05, 0.1) is 19.8 Å². The van der Waals surface area contributed by atoms with E-state index in [-0.39, 0.29) is 6.10 Å². The summed E-state index contributed by atoms with van der Waals surface area (Å²) in [5.41, 5.74) is 2.17. The van der Waals surface area contributed by atoms with Gasteiger partial charge in [0.2, 0.25) is 0 Å². The third-order valence-corrected chi connectivity index (χ3v) is 9.60. The standard InChI is InChI=1S/C32H31O4P/c33-37(28-17-9-3-10-18-28,29-19-11-4-12-20-29)32-22-21-30(35-24-27-15-7-2-8-16-27)31(36-32)25-34-23-26-13-5-1-6-14-26/h1-22,30-32H,23-25H2/t30-,31+,32-/m0/s1. The van der Waals surface area contributed by atoms with Crippen LogP contribution >= 0.6 is 7.14 Å². The second-order valence-corrected chi connectivity index (χ2v) is 11.9. The van der Waals surface area contributed by atoms with Crippen LogP contribution in [-0.4, -0.2) is 24.7 Å². The molecule has 4 nitrogen and oxygen atoms in total. The minimum absolute atomic E-state index is 0.318. The van der Waals surface area contributed by atoms with E-state index in [0.29, 0.717) is 19.8 Å². The Balaban J connectivity index is 1.40. The monoisotopic (exact) mass is 510 g/mol. The largest absolute Gasteiger partial charge is 0.374 e. The highest BCUT2D eigenvalue weighted by Gasteiger charge is 2.41. The molecular weight excluding hydrogens is 479 g/mol. The average molecular weight is 511 g/mol. The summed E-state index contributed by atoms with van der Waals surface area (Å²) in [7, 11) is -3.15. The first-order chi connectivity index (χ1) is 18.2. The summed E-state index contributed by atoms with van der Waals surface area (Å²) in [5.74, 6) is -0.626. The molecule has 4 aromatic rings. The van der Waals surface area contributed by atoms with Crippen LogP contribution < -0.4 is 10.6 Å². The van der Waals surface area contributed by atoms with Gasteiger partial charge in [-0.15, -0.1) is 0 Å². The van der Waals surface area contributed by atoms with Gasteiger partial charge in [-0.1, -0.05) is 127 Å². The highest BCUT2D eigenvalue weighted by atomic mass is 31.2. The Morgan fingerprint density at radius 1 is 0.622 bits per heavy atom. The van der Waals surface area contributed by atoms with E-state index in [4.69, 9.17) is 14.2 Å². The average Bonchev–Trinajstić information content (AvgIpc) is 2.98. The molecular formula is C32H31O4P. The topological polar surface area (TPSA) is 44.8 Å². The Morgan fingerprint density at radius 2 is 1.11 bits per heavy atom. The first-order valence-corrected chi connectivity index (χ1v) is 14.3. The van der Waals surface area contributed by atoms with Crippen molar-refractivity contribution >= 4 is 17.8 Å². The number of ether oxygens (including phenoxy) is 3. The third-order valence-electron chi connectivity index (χ3n) is 6.46. The first-order valence-electron chi connectivity index (χ1n) is 12.6. The van der Waals surface area contributed by atoms with Crippen molar-refractivity contribution in [3.63, 3.8) is 0 Å². The zero-order valence-electron chi connectivity index (χ0n) is 20.6. The number of benzene rings is 4. The lowest BCUT2D eigenvalue weighted by molar-refractivity contribution is -0.103. The van der Waals surface area contributed by atoms with E-state index in [0.717, 1.165) is 21.7 Å². The first kappa shape index (κ1) is 25.4. The normalized spacial score (nSPS) is 19.5. The van der Waals surface area contributed by atoms with Crippen molar-refractivity contribution in [1.29, 1.82) is 0 Å². The third kappa shape index (κ3) is 6.18. The molecule has 4 aromatic carbocycles. The van der Waals surface area contributed by atoms with Gasteiger partial charge in [0.1, 0.15) is 18.1 Å². The molecule has 0 saturated heterocycles. The van der Waals surface area contributed by atoms with E-state index in [9.17, 15) is 4.57 Å². The predicted octanol–water partition coefficient (Wildman–Crippen LogP) is 6.08. The summed E-state index contributed by atoms with van der Waals surface area (Å²) in [6.07, 6.45) is 3.16. The molecule has 5 heteroatoms. The zero-order valence-corrected chi connectivity index (χ0v) is 21.5. The van der Waals surface area contributed by atoms with Gasteiger partial charge in [0.15, 0.2) is 7.14 Å². The van der Waals surface area contributed by atoms with Crippen LogP contribution in [-0.2, 0) is 32.0 Å². The molecule has 0 saturated carbocycles. The summed E-state index contributed by atoms with van der Waals surface area (Å²) in [4.78, 5) is 0. The van der Waals surface area contributed by atoms with Crippen molar-refractivity contribution < 1.29 is 18.8 Å². The highest BCUT2D eigenvalue weighted by Crippen LogP contribution is 2.51. The minimum atomic E-state index is -3.15. The zero-order chi connectivity index (χ0) is 25.3. The molecule has 1 aliphatic rings. The summed E-state index contributed by atoms with van der Waals surface area (Å²) >= 11 is 0. The van der Waals surface area contributed by atoms with Gasteiger partial charge < -0.3 is 18.8 Å². The van der Waals surface area contributed by atoms with Gasteiger partial charge in [-0.2, -0.15) is 0 Å². The van der Waals surface area contributed by atoms with Crippen LogP contribution in [0.15, 0.2) is 133 Å².